The van der Waals surface area contributed by atoms with Gasteiger partial charge < -0.3 is 40.2 Å². The summed E-state index contributed by atoms with van der Waals surface area (Å²) in [5, 5.41) is 28.3. The highest BCUT2D eigenvalue weighted by Gasteiger charge is 2.54. The molecule has 1 aliphatic rings. The number of hydrogen-bond donors (Lipinski definition) is 4. The number of fused-ring (bicyclic) bond motifs is 1. The van der Waals surface area contributed by atoms with Gasteiger partial charge in [0.1, 0.15) is 48.2 Å². The molecule has 15 heteroatoms. The Morgan fingerprint density at radius 1 is 1.18 bits per heavy atom. The zero-order valence-corrected chi connectivity index (χ0v) is 21.5. The van der Waals surface area contributed by atoms with E-state index in [-0.39, 0.29) is 12.2 Å². The Kier molecular flexibility index (Phi) is 8.58. The second-order valence-corrected chi connectivity index (χ2v) is 9.21. The number of rotatable bonds is 9. The molecule has 214 valence electrons. The number of nitrogens with two attached hydrogens (primary N) is 1. The maximum atomic E-state index is 13.2. The van der Waals surface area contributed by atoms with Gasteiger partial charge in [0.05, 0.1) is 11.7 Å². The van der Waals surface area contributed by atoms with E-state index >= 15 is 0 Å². The van der Waals surface area contributed by atoms with E-state index in [9.17, 15) is 29.0 Å². The van der Waals surface area contributed by atoms with E-state index in [0.29, 0.717) is 16.8 Å². The normalized spacial score (nSPS) is 23.0. The number of aliphatic hydroxyl groups is 2. The van der Waals surface area contributed by atoms with Gasteiger partial charge >= 0.3 is 12.1 Å². The number of aromatic nitrogens is 3. The average Bonchev–Trinajstić information content (AvgIpc) is 3.45. The van der Waals surface area contributed by atoms with E-state index in [0.717, 1.165) is 6.92 Å². The van der Waals surface area contributed by atoms with Crippen LogP contribution in [0.1, 0.15) is 25.1 Å². The Labute approximate surface area is 226 Å². The molecule has 3 heterocycles. The lowest BCUT2D eigenvalue weighted by molar-refractivity contribution is -0.151. The van der Waals surface area contributed by atoms with E-state index in [2.05, 4.69) is 24.9 Å². The highest BCUT2D eigenvalue weighted by Crippen LogP contribution is 2.40. The third-order valence-corrected chi connectivity index (χ3v) is 6.38. The summed E-state index contributed by atoms with van der Waals surface area (Å²) in [6.45, 7) is 1.53. The van der Waals surface area contributed by atoms with Gasteiger partial charge in [-0.05, 0) is 43.2 Å². The predicted molar refractivity (Wildman–Crippen MR) is 133 cm³/mol. The highest BCUT2D eigenvalue weighted by molar-refractivity contribution is 5.97. The summed E-state index contributed by atoms with van der Waals surface area (Å²) in [5.41, 5.74) is 5.86. The Hall–Kier alpha value is -4.18. The Bertz CT molecular complexity index is 1380. The molecule has 40 heavy (non-hydrogen) atoms. The molecule has 0 radical (unpaired) electrons. The first-order valence-electron chi connectivity index (χ1n) is 12.1. The number of halogens is 1. The van der Waals surface area contributed by atoms with Gasteiger partial charge in [-0.2, -0.15) is 5.10 Å². The standard InChI is InChI=1S/C25H28FN5O9/c1-13(32)38-12-39-24(36)37-10-18-20(33)21(34)25(2,40-18)19-8-7-17-22(28-11-29-31(17)19)30-23(35)16(27)9-14-3-5-15(26)6-4-14/h3-8,11,16,18,20-21,33-34H,9-10,12,27H2,1-2H3,(H,28,29,30,35)/t16-,18+,20+,21+,25-/m0/s1. The van der Waals surface area contributed by atoms with Gasteiger partial charge in [-0.15, -0.1) is 0 Å². The number of benzene rings is 1. The summed E-state index contributed by atoms with van der Waals surface area (Å²) in [6.07, 6.45) is -3.89. The lowest BCUT2D eigenvalue weighted by Gasteiger charge is -2.27. The van der Waals surface area contributed by atoms with Crippen LogP contribution in [0.25, 0.3) is 5.52 Å². The molecule has 14 nitrogen and oxygen atoms in total. The maximum Gasteiger partial charge on any atom is 0.511 e. The van der Waals surface area contributed by atoms with Crippen LogP contribution in [0.5, 0.6) is 0 Å². The Morgan fingerprint density at radius 3 is 2.60 bits per heavy atom. The largest absolute Gasteiger partial charge is 0.511 e. The lowest BCUT2D eigenvalue weighted by atomic mass is 9.93. The maximum absolute atomic E-state index is 13.2. The molecule has 5 N–H and O–H groups in total. The summed E-state index contributed by atoms with van der Waals surface area (Å²) in [5.74, 6) is -1.46. The number of hydrogen-bond acceptors (Lipinski definition) is 12. The third-order valence-electron chi connectivity index (χ3n) is 6.38. The molecule has 1 fully saturated rings. The quantitative estimate of drug-likeness (QED) is 0.207. The molecule has 0 aliphatic carbocycles. The monoisotopic (exact) mass is 561 g/mol. The molecule has 1 aliphatic heterocycles. The van der Waals surface area contributed by atoms with Crippen molar-refractivity contribution in [1.82, 2.24) is 14.6 Å². The van der Waals surface area contributed by atoms with Crippen molar-refractivity contribution < 1.29 is 47.9 Å². The molecule has 5 atom stereocenters. The number of carbonyl (C=O) groups is 3. The molecule has 0 spiro atoms. The minimum absolute atomic E-state index is 0.132. The van der Waals surface area contributed by atoms with Crippen molar-refractivity contribution in [3.8, 4) is 0 Å². The number of anilines is 1. The first-order valence-corrected chi connectivity index (χ1v) is 12.1. The van der Waals surface area contributed by atoms with Gasteiger partial charge in [0.25, 0.3) is 0 Å². The molecule has 2 aromatic heterocycles. The highest BCUT2D eigenvalue weighted by atomic mass is 19.1. The van der Waals surface area contributed by atoms with E-state index in [1.807, 2.05) is 0 Å². The van der Waals surface area contributed by atoms with Crippen LogP contribution >= 0.6 is 0 Å². The van der Waals surface area contributed by atoms with Gasteiger partial charge in [-0.3, -0.25) is 9.59 Å². The Balaban J connectivity index is 1.45. The third kappa shape index (κ3) is 6.17. The van der Waals surface area contributed by atoms with Gasteiger partial charge in [-0.1, -0.05) is 12.1 Å². The minimum atomic E-state index is -1.52. The van der Waals surface area contributed by atoms with Crippen molar-refractivity contribution >= 4 is 29.4 Å². The molecule has 0 unspecified atom stereocenters. The van der Waals surface area contributed by atoms with Crippen molar-refractivity contribution in [2.45, 2.75) is 50.2 Å². The van der Waals surface area contributed by atoms with Crippen LogP contribution in [-0.4, -0.2) is 80.6 Å². The molecule has 1 aromatic carbocycles. The number of esters is 1. The summed E-state index contributed by atoms with van der Waals surface area (Å²) in [4.78, 5) is 39.3. The van der Waals surface area contributed by atoms with Gasteiger partial charge in [-0.25, -0.2) is 18.7 Å². The van der Waals surface area contributed by atoms with E-state index in [1.54, 1.807) is 12.1 Å². The Morgan fingerprint density at radius 2 is 1.90 bits per heavy atom. The topological polar surface area (TPSA) is 197 Å². The number of ether oxygens (including phenoxy) is 4. The van der Waals surface area contributed by atoms with E-state index in [1.165, 1.54) is 42.0 Å². The molecular weight excluding hydrogens is 533 g/mol. The summed E-state index contributed by atoms with van der Waals surface area (Å²) in [7, 11) is 0. The SMILES string of the molecule is CC(=O)OCOC(=O)OC[C@H]1O[C@@](C)(c2ccc3c(NC(=O)[C@@H](N)Cc4ccc(F)cc4)ncnn23)[C@H](O)[C@@H]1O. The van der Waals surface area contributed by atoms with E-state index < -0.39 is 67.2 Å². The summed E-state index contributed by atoms with van der Waals surface area (Å²) in [6, 6.07) is 7.84. The smallest absolute Gasteiger partial charge is 0.431 e. The molecule has 1 saturated heterocycles. The first-order chi connectivity index (χ1) is 19.0. The van der Waals surface area contributed by atoms with Crippen LogP contribution in [0.4, 0.5) is 15.0 Å². The zero-order chi connectivity index (χ0) is 29.0. The minimum Gasteiger partial charge on any atom is -0.431 e. The van der Waals surface area contributed by atoms with Crippen LogP contribution in [0.15, 0.2) is 42.7 Å². The predicted octanol–water partition coefficient (Wildman–Crippen LogP) is 0.387. The first kappa shape index (κ1) is 28.8. The zero-order valence-electron chi connectivity index (χ0n) is 21.5. The molecule has 0 bridgehead atoms. The van der Waals surface area contributed by atoms with Gasteiger partial charge in [0, 0.05) is 6.92 Å². The number of nitrogens with one attached hydrogen (secondary N) is 1. The fourth-order valence-electron chi connectivity index (χ4n) is 4.26. The fourth-order valence-corrected chi connectivity index (χ4v) is 4.26. The van der Waals surface area contributed by atoms with E-state index in [4.69, 9.17) is 15.2 Å². The summed E-state index contributed by atoms with van der Waals surface area (Å²) < 4.78 is 34.4. The van der Waals surface area contributed by atoms with Crippen LogP contribution in [0, 0.1) is 5.82 Å². The van der Waals surface area contributed by atoms with Crippen LogP contribution in [0.2, 0.25) is 0 Å². The number of carbonyl (C=O) groups excluding carboxylic acids is 3. The second kappa shape index (κ2) is 11.9. The molecule has 1 amide bonds. The average molecular weight is 562 g/mol. The second-order valence-electron chi connectivity index (χ2n) is 9.21. The molecule has 4 rings (SSSR count). The van der Waals surface area contributed by atoms with Crippen molar-refractivity contribution in [1.29, 1.82) is 0 Å². The molecular formula is C25H28FN5O9. The van der Waals surface area contributed by atoms with Crippen molar-refractivity contribution in [2.75, 3.05) is 18.7 Å². The fraction of sp³-hybridized carbons (Fsp3) is 0.400. The van der Waals surface area contributed by atoms with Crippen LogP contribution < -0.4 is 11.1 Å². The summed E-state index contributed by atoms with van der Waals surface area (Å²) >= 11 is 0. The van der Waals surface area contributed by atoms with Gasteiger partial charge in [0.2, 0.25) is 12.7 Å². The van der Waals surface area contributed by atoms with Crippen molar-refractivity contribution in [3.63, 3.8) is 0 Å². The number of nitrogens with zero attached hydrogens (tertiary/aromatic N) is 3. The van der Waals surface area contributed by atoms with Crippen molar-refractivity contribution in [2.24, 2.45) is 5.73 Å². The van der Waals surface area contributed by atoms with Crippen LogP contribution in [-0.2, 0) is 40.6 Å². The molecule has 3 aromatic rings. The van der Waals surface area contributed by atoms with Crippen molar-refractivity contribution in [3.05, 3.63) is 59.8 Å². The molecule has 0 saturated carbocycles. The number of amides is 1. The lowest BCUT2D eigenvalue weighted by Crippen LogP contribution is -2.40. The van der Waals surface area contributed by atoms with Gasteiger partial charge in [0.15, 0.2) is 5.82 Å². The number of aliphatic hydroxyl groups excluding tert-OH is 2. The van der Waals surface area contributed by atoms with Crippen LogP contribution in [0.3, 0.4) is 0 Å².